The van der Waals surface area contributed by atoms with Gasteiger partial charge in [0, 0.05) is 19.6 Å². The Hall–Kier alpha value is -1.97. The highest BCUT2D eigenvalue weighted by Gasteiger charge is 2.38. The quantitative estimate of drug-likeness (QED) is 0.607. The summed E-state index contributed by atoms with van der Waals surface area (Å²) in [7, 11) is -3.67. The van der Waals surface area contributed by atoms with Crippen molar-refractivity contribution in [2.45, 2.75) is 29.7 Å². The molecular formula is C15H20N2O6S. The molecule has 0 radical (unpaired) electrons. The first-order chi connectivity index (χ1) is 11.3. The first-order valence-electron chi connectivity index (χ1n) is 7.48. The number of benzene rings is 1. The third-order valence-corrected chi connectivity index (χ3v) is 5.17. The fraction of sp³-hybridized carbons (Fsp3) is 0.467. The number of hydrogen-bond donors (Lipinski definition) is 3. The Labute approximate surface area is 140 Å². The van der Waals surface area contributed by atoms with Crippen LogP contribution in [0.4, 0.5) is 0 Å². The van der Waals surface area contributed by atoms with E-state index in [2.05, 4.69) is 10.0 Å². The molecule has 3 N–H and O–H groups in total. The topological polar surface area (TPSA) is 122 Å². The van der Waals surface area contributed by atoms with Crippen LogP contribution in [0.15, 0.2) is 35.2 Å². The number of carboxylic acids is 1. The molecule has 0 saturated carbocycles. The smallest absolute Gasteiger partial charge is 0.305 e. The van der Waals surface area contributed by atoms with Crippen LogP contribution in [-0.2, 0) is 24.3 Å². The molecule has 1 amide bonds. The molecule has 8 nitrogen and oxygen atoms in total. The number of rotatable bonds is 8. The molecule has 1 heterocycles. The van der Waals surface area contributed by atoms with E-state index in [1.165, 1.54) is 12.1 Å². The molecule has 0 spiro atoms. The molecule has 1 saturated heterocycles. The molecule has 132 valence electrons. The summed E-state index contributed by atoms with van der Waals surface area (Å²) in [5.74, 6) is -1.44. The van der Waals surface area contributed by atoms with Crippen LogP contribution in [0.25, 0.3) is 0 Å². The van der Waals surface area contributed by atoms with Gasteiger partial charge < -0.3 is 15.2 Å². The first-order valence-corrected chi connectivity index (χ1v) is 8.97. The second-order valence-corrected chi connectivity index (χ2v) is 7.43. The van der Waals surface area contributed by atoms with Gasteiger partial charge in [-0.05, 0) is 18.6 Å². The molecule has 1 aromatic carbocycles. The number of carbonyl (C=O) groups excluding carboxylic acids is 1. The van der Waals surface area contributed by atoms with Gasteiger partial charge in [-0.3, -0.25) is 9.59 Å². The van der Waals surface area contributed by atoms with Gasteiger partial charge in [0.1, 0.15) is 0 Å². The van der Waals surface area contributed by atoms with E-state index in [0.717, 1.165) is 0 Å². The maximum absolute atomic E-state index is 12.0. The summed E-state index contributed by atoms with van der Waals surface area (Å²) in [5, 5.41) is 11.6. The van der Waals surface area contributed by atoms with E-state index in [4.69, 9.17) is 9.84 Å². The summed E-state index contributed by atoms with van der Waals surface area (Å²) in [5.41, 5.74) is -0.915. The summed E-state index contributed by atoms with van der Waals surface area (Å²) >= 11 is 0. The van der Waals surface area contributed by atoms with Crippen molar-refractivity contribution in [3.63, 3.8) is 0 Å². The van der Waals surface area contributed by atoms with Crippen molar-refractivity contribution in [1.82, 2.24) is 10.0 Å². The Balaban J connectivity index is 1.86. The summed E-state index contributed by atoms with van der Waals surface area (Å²) in [6.45, 7) is 0.446. The molecule has 1 atom stereocenters. The Morgan fingerprint density at radius 1 is 1.25 bits per heavy atom. The van der Waals surface area contributed by atoms with Crippen LogP contribution < -0.4 is 10.0 Å². The zero-order chi connectivity index (χ0) is 17.6. The fourth-order valence-electron chi connectivity index (χ4n) is 2.52. The Kier molecular flexibility index (Phi) is 5.92. The molecule has 0 bridgehead atoms. The van der Waals surface area contributed by atoms with Crippen molar-refractivity contribution < 1.29 is 27.9 Å². The number of ether oxygens (including phenoxy) is 1. The van der Waals surface area contributed by atoms with Crippen molar-refractivity contribution in [3.05, 3.63) is 30.3 Å². The van der Waals surface area contributed by atoms with E-state index in [1.807, 2.05) is 0 Å². The minimum atomic E-state index is -3.67. The van der Waals surface area contributed by atoms with Crippen LogP contribution in [0, 0.1) is 0 Å². The minimum absolute atomic E-state index is 0.0763. The van der Waals surface area contributed by atoms with Gasteiger partial charge in [0.15, 0.2) is 0 Å². The number of nitrogens with one attached hydrogen (secondary N) is 2. The van der Waals surface area contributed by atoms with Crippen LogP contribution in [0.3, 0.4) is 0 Å². The van der Waals surface area contributed by atoms with E-state index >= 15 is 0 Å². The molecule has 1 aliphatic heterocycles. The van der Waals surface area contributed by atoms with Crippen molar-refractivity contribution in [3.8, 4) is 0 Å². The van der Waals surface area contributed by atoms with Crippen LogP contribution in [0.5, 0.6) is 0 Å². The summed E-state index contributed by atoms with van der Waals surface area (Å²) in [6, 6.07) is 7.84. The predicted octanol–water partition coefficient (Wildman–Crippen LogP) is 0.105. The zero-order valence-corrected chi connectivity index (χ0v) is 13.8. The Bertz CT molecular complexity index is 683. The fourth-order valence-corrected chi connectivity index (χ4v) is 3.57. The first kappa shape index (κ1) is 18.4. The van der Waals surface area contributed by atoms with E-state index in [-0.39, 0.29) is 30.9 Å². The van der Waals surface area contributed by atoms with Gasteiger partial charge in [0.05, 0.1) is 23.5 Å². The zero-order valence-electron chi connectivity index (χ0n) is 13.0. The lowest BCUT2D eigenvalue weighted by molar-refractivity contribution is -0.139. The lowest BCUT2D eigenvalue weighted by atomic mass is 9.94. The summed E-state index contributed by atoms with van der Waals surface area (Å²) < 4.78 is 31.6. The van der Waals surface area contributed by atoms with Gasteiger partial charge in [-0.2, -0.15) is 0 Å². The second-order valence-electron chi connectivity index (χ2n) is 5.66. The van der Waals surface area contributed by atoms with Crippen LogP contribution in [0.2, 0.25) is 0 Å². The number of aliphatic carboxylic acids is 1. The van der Waals surface area contributed by atoms with Crippen LogP contribution >= 0.6 is 0 Å². The average molecular weight is 356 g/mol. The van der Waals surface area contributed by atoms with Crippen LogP contribution in [0.1, 0.15) is 19.3 Å². The number of carbonyl (C=O) groups is 2. The average Bonchev–Trinajstić information content (AvgIpc) is 2.95. The summed E-state index contributed by atoms with van der Waals surface area (Å²) in [6.07, 6.45) is 0.0999. The van der Waals surface area contributed by atoms with Gasteiger partial charge >= 0.3 is 5.97 Å². The maximum Gasteiger partial charge on any atom is 0.305 e. The molecule has 24 heavy (non-hydrogen) atoms. The molecule has 0 aromatic heterocycles. The number of carboxylic acid groups (broad SMARTS) is 1. The normalized spacial score (nSPS) is 20.7. The largest absolute Gasteiger partial charge is 0.481 e. The van der Waals surface area contributed by atoms with E-state index < -0.39 is 27.4 Å². The SMILES string of the molecule is O=C(O)CC1(NC(=O)CCNS(=O)(=O)c2ccccc2)CCOC1. The number of amides is 1. The molecule has 1 fully saturated rings. The van der Waals surface area contributed by atoms with Crippen molar-refractivity contribution in [2.24, 2.45) is 0 Å². The monoisotopic (exact) mass is 356 g/mol. The third kappa shape index (κ3) is 5.02. The second kappa shape index (κ2) is 7.73. The summed E-state index contributed by atoms with van der Waals surface area (Å²) in [4.78, 5) is 23.1. The lowest BCUT2D eigenvalue weighted by Crippen LogP contribution is -2.51. The van der Waals surface area contributed by atoms with E-state index in [9.17, 15) is 18.0 Å². The van der Waals surface area contributed by atoms with Gasteiger partial charge in [-0.25, -0.2) is 13.1 Å². The van der Waals surface area contributed by atoms with Crippen LogP contribution in [-0.4, -0.2) is 50.7 Å². The molecule has 1 unspecified atom stereocenters. The molecule has 1 aliphatic rings. The van der Waals surface area contributed by atoms with Gasteiger partial charge in [0.25, 0.3) is 0 Å². The highest BCUT2D eigenvalue weighted by molar-refractivity contribution is 7.89. The van der Waals surface area contributed by atoms with Crippen molar-refractivity contribution in [1.29, 1.82) is 0 Å². The van der Waals surface area contributed by atoms with E-state index in [1.54, 1.807) is 18.2 Å². The molecule has 0 aliphatic carbocycles. The van der Waals surface area contributed by atoms with E-state index in [0.29, 0.717) is 13.0 Å². The number of hydrogen-bond acceptors (Lipinski definition) is 5. The Morgan fingerprint density at radius 2 is 1.96 bits per heavy atom. The molecular weight excluding hydrogens is 336 g/mol. The Morgan fingerprint density at radius 3 is 2.54 bits per heavy atom. The molecule has 1 aromatic rings. The number of sulfonamides is 1. The van der Waals surface area contributed by atoms with Gasteiger partial charge in [0.2, 0.25) is 15.9 Å². The highest BCUT2D eigenvalue weighted by atomic mass is 32.2. The lowest BCUT2D eigenvalue weighted by Gasteiger charge is -2.27. The van der Waals surface area contributed by atoms with Gasteiger partial charge in [-0.15, -0.1) is 0 Å². The molecule has 9 heteroatoms. The highest BCUT2D eigenvalue weighted by Crippen LogP contribution is 2.22. The van der Waals surface area contributed by atoms with Crippen molar-refractivity contribution in [2.75, 3.05) is 19.8 Å². The maximum atomic E-state index is 12.0. The third-order valence-electron chi connectivity index (χ3n) is 3.70. The predicted molar refractivity (Wildman–Crippen MR) is 84.8 cm³/mol. The standard InChI is InChI=1S/C15H20N2O6S/c18-13(17-15(10-14(19)20)7-9-23-11-15)6-8-16-24(21,22)12-4-2-1-3-5-12/h1-5,16H,6-11H2,(H,17,18)(H,19,20). The minimum Gasteiger partial charge on any atom is -0.481 e. The van der Waals surface area contributed by atoms with Crippen molar-refractivity contribution >= 4 is 21.9 Å². The molecule has 2 rings (SSSR count). The van der Waals surface area contributed by atoms with Gasteiger partial charge in [-0.1, -0.05) is 18.2 Å².